The highest BCUT2D eigenvalue weighted by atomic mass is 16.5. The number of likely N-dealkylation sites (tertiary alicyclic amines) is 1. The van der Waals surface area contributed by atoms with Crippen molar-refractivity contribution in [3.05, 3.63) is 54.1 Å². The number of piperazine rings is 1. The van der Waals surface area contributed by atoms with Crippen LogP contribution >= 0.6 is 0 Å². The van der Waals surface area contributed by atoms with Gasteiger partial charge in [-0.05, 0) is 49.2 Å². The van der Waals surface area contributed by atoms with Gasteiger partial charge < -0.3 is 14.7 Å². The SMILES string of the molecule is COc1ccccc1N1CCN([C@@H]2CCCN(Cc3cccc(O)c3)C2)CC1. The van der Waals surface area contributed by atoms with E-state index in [4.69, 9.17) is 4.74 Å². The van der Waals surface area contributed by atoms with Crippen molar-refractivity contribution in [2.24, 2.45) is 0 Å². The normalized spacial score (nSPS) is 21.6. The number of phenols is 1. The van der Waals surface area contributed by atoms with E-state index >= 15 is 0 Å². The summed E-state index contributed by atoms with van der Waals surface area (Å²) in [5.41, 5.74) is 2.40. The van der Waals surface area contributed by atoms with E-state index in [9.17, 15) is 5.11 Å². The van der Waals surface area contributed by atoms with Crippen molar-refractivity contribution < 1.29 is 9.84 Å². The zero-order valence-corrected chi connectivity index (χ0v) is 16.8. The van der Waals surface area contributed by atoms with E-state index in [2.05, 4.69) is 32.9 Å². The van der Waals surface area contributed by atoms with E-state index in [1.54, 1.807) is 13.2 Å². The molecule has 1 N–H and O–H groups in total. The van der Waals surface area contributed by atoms with Crippen LogP contribution in [0.3, 0.4) is 0 Å². The molecule has 4 rings (SSSR count). The second kappa shape index (κ2) is 8.84. The fourth-order valence-electron chi connectivity index (χ4n) is 4.60. The predicted octanol–water partition coefficient (Wildman–Crippen LogP) is 3.19. The molecule has 0 amide bonds. The van der Waals surface area contributed by atoms with Crippen LogP contribution < -0.4 is 9.64 Å². The Kier molecular flexibility index (Phi) is 6.03. The van der Waals surface area contributed by atoms with Gasteiger partial charge in [0.1, 0.15) is 11.5 Å². The fourth-order valence-corrected chi connectivity index (χ4v) is 4.60. The van der Waals surface area contributed by atoms with Gasteiger partial charge in [-0.3, -0.25) is 9.80 Å². The maximum atomic E-state index is 9.71. The Morgan fingerprint density at radius 3 is 2.61 bits per heavy atom. The molecule has 2 aromatic carbocycles. The molecule has 150 valence electrons. The van der Waals surface area contributed by atoms with Crippen molar-refractivity contribution in [3.8, 4) is 11.5 Å². The van der Waals surface area contributed by atoms with Gasteiger partial charge in [-0.25, -0.2) is 0 Å². The summed E-state index contributed by atoms with van der Waals surface area (Å²) in [5, 5.41) is 9.71. The molecule has 2 fully saturated rings. The first kappa shape index (κ1) is 19.1. The number of hydrogen-bond acceptors (Lipinski definition) is 5. The molecule has 0 unspecified atom stereocenters. The van der Waals surface area contributed by atoms with Crippen LogP contribution in [-0.4, -0.2) is 67.3 Å². The van der Waals surface area contributed by atoms with Crippen molar-refractivity contribution >= 4 is 5.69 Å². The summed E-state index contributed by atoms with van der Waals surface area (Å²) in [7, 11) is 1.75. The second-order valence-corrected chi connectivity index (χ2v) is 7.90. The second-order valence-electron chi connectivity index (χ2n) is 7.90. The highest BCUT2D eigenvalue weighted by Crippen LogP contribution is 2.29. The molecule has 1 atom stereocenters. The van der Waals surface area contributed by atoms with E-state index in [0.29, 0.717) is 11.8 Å². The van der Waals surface area contributed by atoms with Crippen molar-refractivity contribution in [1.82, 2.24) is 9.80 Å². The van der Waals surface area contributed by atoms with Gasteiger partial charge in [0.15, 0.2) is 0 Å². The minimum absolute atomic E-state index is 0.360. The minimum Gasteiger partial charge on any atom is -0.508 e. The van der Waals surface area contributed by atoms with Gasteiger partial charge in [-0.2, -0.15) is 0 Å². The van der Waals surface area contributed by atoms with Crippen molar-refractivity contribution in [3.63, 3.8) is 0 Å². The molecule has 0 bridgehead atoms. The highest BCUT2D eigenvalue weighted by molar-refractivity contribution is 5.58. The average molecular weight is 382 g/mol. The Morgan fingerprint density at radius 2 is 1.82 bits per heavy atom. The van der Waals surface area contributed by atoms with Crippen LogP contribution in [-0.2, 0) is 6.54 Å². The maximum absolute atomic E-state index is 9.71. The lowest BCUT2D eigenvalue weighted by atomic mass is 10.0. The van der Waals surface area contributed by atoms with E-state index in [0.717, 1.165) is 51.6 Å². The third-order valence-corrected chi connectivity index (χ3v) is 6.05. The fraction of sp³-hybridized carbons (Fsp3) is 0.478. The molecule has 5 nitrogen and oxygen atoms in total. The number of hydrogen-bond donors (Lipinski definition) is 1. The Balaban J connectivity index is 1.33. The van der Waals surface area contributed by atoms with Crippen molar-refractivity contribution in [2.45, 2.75) is 25.4 Å². The van der Waals surface area contributed by atoms with Gasteiger partial charge in [0, 0.05) is 45.3 Å². The molecule has 0 spiro atoms. The molecular formula is C23H31N3O2. The van der Waals surface area contributed by atoms with Gasteiger partial charge in [0.05, 0.1) is 12.8 Å². The minimum atomic E-state index is 0.360. The number of methoxy groups -OCH3 is 1. The highest BCUT2D eigenvalue weighted by Gasteiger charge is 2.28. The number of phenolic OH excluding ortho intramolecular Hbond substituents is 1. The van der Waals surface area contributed by atoms with Gasteiger partial charge in [-0.1, -0.05) is 24.3 Å². The summed E-state index contributed by atoms with van der Waals surface area (Å²) >= 11 is 0. The molecule has 0 saturated carbocycles. The van der Waals surface area contributed by atoms with Crippen LogP contribution in [0, 0.1) is 0 Å². The quantitative estimate of drug-likeness (QED) is 0.861. The summed E-state index contributed by atoms with van der Waals surface area (Å²) < 4.78 is 5.54. The molecule has 28 heavy (non-hydrogen) atoms. The largest absolute Gasteiger partial charge is 0.508 e. The zero-order valence-electron chi connectivity index (χ0n) is 16.8. The first-order chi connectivity index (χ1) is 13.7. The predicted molar refractivity (Wildman–Crippen MR) is 113 cm³/mol. The molecule has 0 aromatic heterocycles. The Labute approximate surface area is 168 Å². The van der Waals surface area contributed by atoms with E-state index in [1.807, 2.05) is 24.3 Å². The summed E-state index contributed by atoms with van der Waals surface area (Å²) in [6.07, 6.45) is 2.53. The molecular weight excluding hydrogens is 350 g/mol. The Morgan fingerprint density at radius 1 is 1.00 bits per heavy atom. The Hall–Kier alpha value is -2.24. The summed E-state index contributed by atoms with van der Waals surface area (Å²) in [6, 6.07) is 16.6. The van der Waals surface area contributed by atoms with Crippen molar-refractivity contribution in [1.29, 1.82) is 0 Å². The van der Waals surface area contributed by atoms with Crippen molar-refractivity contribution in [2.75, 3.05) is 51.3 Å². The number of rotatable bonds is 5. The lowest BCUT2D eigenvalue weighted by Gasteiger charge is -2.44. The lowest BCUT2D eigenvalue weighted by Crippen LogP contribution is -2.55. The topological polar surface area (TPSA) is 39.2 Å². The molecule has 2 heterocycles. The Bertz CT molecular complexity index is 774. The lowest BCUT2D eigenvalue weighted by molar-refractivity contribution is 0.0887. The van der Waals surface area contributed by atoms with Gasteiger partial charge in [0.2, 0.25) is 0 Å². The summed E-state index contributed by atoms with van der Waals surface area (Å²) in [5.74, 6) is 1.32. The third-order valence-electron chi connectivity index (χ3n) is 6.05. The van der Waals surface area contributed by atoms with E-state index in [-0.39, 0.29) is 0 Å². The molecule has 2 saturated heterocycles. The molecule has 5 heteroatoms. The number of piperidine rings is 1. The van der Waals surface area contributed by atoms with Crippen LogP contribution in [0.5, 0.6) is 11.5 Å². The van der Waals surface area contributed by atoms with Crippen LogP contribution in [0.15, 0.2) is 48.5 Å². The number of ether oxygens (including phenoxy) is 1. The van der Waals surface area contributed by atoms with Crippen LogP contribution in [0.1, 0.15) is 18.4 Å². The van der Waals surface area contributed by atoms with E-state index < -0.39 is 0 Å². The van der Waals surface area contributed by atoms with Gasteiger partial charge >= 0.3 is 0 Å². The first-order valence-corrected chi connectivity index (χ1v) is 10.4. The van der Waals surface area contributed by atoms with Gasteiger partial charge in [0.25, 0.3) is 0 Å². The van der Waals surface area contributed by atoms with Crippen LogP contribution in [0.2, 0.25) is 0 Å². The molecule has 2 aliphatic rings. The van der Waals surface area contributed by atoms with Crippen LogP contribution in [0.25, 0.3) is 0 Å². The number of aromatic hydroxyl groups is 1. The molecule has 2 aromatic rings. The van der Waals surface area contributed by atoms with E-state index in [1.165, 1.54) is 24.1 Å². The maximum Gasteiger partial charge on any atom is 0.142 e. The standard InChI is InChI=1S/C23H31N3O2/c1-28-23-10-3-2-9-22(23)26-14-12-25(13-15-26)20-7-5-11-24(18-20)17-19-6-4-8-21(27)16-19/h2-4,6,8-10,16,20,27H,5,7,11-15,17-18H2,1H3/t20-/m1/s1. The molecule has 0 aliphatic carbocycles. The summed E-state index contributed by atoms with van der Waals surface area (Å²) in [6.45, 7) is 7.47. The molecule has 2 aliphatic heterocycles. The number of nitrogens with zero attached hydrogens (tertiary/aromatic N) is 3. The number of para-hydroxylation sites is 2. The van der Waals surface area contributed by atoms with Gasteiger partial charge in [-0.15, -0.1) is 0 Å². The first-order valence-electron chi connectivity index (χ1n) is 10.4. The number of benzene rings is 2. The molecule has 0 radical (unpaired) electrons. The zero-order chi connectivity index (χ0) is 19.3. The monoisotopic (exact) mass is 381 g/mol. The summed E-state index contributed by atoms with van der Waals surface area (Å²) in [4.78, 5) is 7.65. The van der Waals surface area contributed by atoms with Crippen LogP contribution in [0.4, 0.5) is 5.69 Å². The third kappa shape index (κ3) is 4.42. The smallest absolute Gasteiger partial charge is 0.142 e. The number of anilines is 1. The average Bonchev–Trinajstić information content (AvgIpc) is 2.74.